The Morgan fingerprint density at radius 1 is 1.25 bits per heavy atom. The number of ether oxygens (including phenoxy) is 1. The van der Waals surface area contributed by atoms with Crippen LogP contribution in [-0.2, 0) is 4.74 Å². The van der Waals surface area contributed by atoms with E-state index in [4.69, 9.17) is 4.74 Å². The van der Waals surface area contributed by atoms with Gasteiger partial charge in [-0.05, 0) is 25.3 Å². The molecular weight excluding hydrogens is 150 g/mol. The van der Waals surface area contributed by atoms with Crippen molar-refractivity contribution in [3.63, 3.8) is 0 Å². The van der Waals surface area contributed by atoms with Crippen LogP contribution in [0.2, 0.25) is 0 Å². The summed E-state index contributed by atoms with van der Waals surface area (Å²) in [5, 5.41) is 3.19. The van der Waals surface area contributed by atoms with Crippen LogP contribution in [0.15, 0.2) is 0 Å². The molecule has 0 heterocycles. The van der Waals surface area contributed by atoms with E-state index in [1.807, 2.05) is 7.05 Å². The highest BCUT2D eigenvalue weighted by Gasteiger charge is 2.15. The van der Waals surface area contributed by atoms with Gasteiger partial charge in [-0.2, -0.15) is 0 Å². The van der Waals surface area contributed by atoms with Gasteiger partial charge < -0.3 is 10.1 Å². The molecule has 0 aliphatic carbocycles. The van der Waals surface area contributed by atoms with Crippen LogP contribution >= 0.6 is 0 Å². The van der Waals surface area contributed by atoms with Crippen molar-refractivity contribution in [1.82, 2.24) is 5.32 Å². The van der Waals surface area contributed by atoms with Gasteiger partial charge in [0.2, 0.25) is 0 Å². The van der Waals surface area contributed by atoms with E-state index in [-0.39, 0.29) is 0 Å². The van der Waals surface area contributed by atoms with Crippen LogP contribution in [0.5, 0.6) is 0 Å². The third-order valence-electron chi connectivity index (χ3n) is 1.93. The van der Waals surface area contributed by atoms with Gasteiger partial charge in [0, 0.05) is 19.8 Å². The molecule has 0 saturated heterocycles. The Morgan fingerprint density at radius 3 is 2.42 bits per heavy atom. The maximum Gasteiger partial charge on any atom is 0.0471 e. The average molecular weight is 173 g/mol. The fourth-order valence-corrected chi connectivity index (χ4v) is 1.16. The van der Waals surface area contributed by atoms with Crippen molar-refractivity contribution in [2.75, 3.05) is 26.8 Å². The second-order valence-corrected chi connectivity index (χ2v) is 4.06. The van der Waals surface area contributed by atoms with E-state index in [1.165, 1.54) is 0 Å². The SMILES string of the molecule is CCCOCCC(C)(C)CNC. The van der Waals surface area contributed by atoms with Crippen LogP contribution < -0.4 is 5.32 Å². The first-order valence-corrected chi connectivity index (χ1v) is 4.85. The number of nitrogens with one attached hydrogen (secondary N) is 1. The third-order valence-corrected chi connectivity index (χ3v) is 1.93. The zero-order valence-electron chi connectivity index (χ0n) is 8.94. The minimum absolute atomic E-state index is 0.364. The van der Waals surface area contributed by atoms with Gasteiger partial charge in [0.25, 0.3) is 0 Å². The van der Waals surface area contributed by atoms with Gasteiger partial charge in [-0.15, -0.1) is 0 Å². The molecule has 0 aromatic rings. The molecule has 2 nitrogen and oxygen atoms in total. The zero-order valence-corrected chi connectivity index (χ0v) is 8.94. The minimum Gasteiger partial charge on any atom is -0.381 e. The normalized spacial score (nSPS) is 12.0. The van der Waals surface area contributed by atoms with E-state index < -0.39 is 0 Å². The number of rotatable bonds is 7. The predicted molar refractivity (Wildman–Crippen MR) is 53.4 cm³/mol. The van der Waals surface area contributed by atoms with E-state index in [9.17, 15) is 0 Å². The molecule has 0 radical (unpaired) electrons. The van der Waals surface area contributed by atoms with Crippen molar-refractivity contribution < 1.29 is 4.74 Å². The maximum atomic E-state index is 5.44. The number of hydrogen-bond donors (Lipinski definition) is 1. The Bertz CT molecular complexity index is 102. The van der Waals surface area contributed by atoms with Gasteiger partial charge in [0.05, 0.1) is 0 Å². The molecule has 1 N–H and O–H groups in total. The summed E-state index contributed by atoms with van der Waals surface area (Å²) in [5.74, 6) is 0. The molecule has 0 unspecified atom stereocenters. The summed E-state index contributed by atoms with van der Waals surface area (Å²) in [4.78, 5) is 0. The standard InChI is InChI=1S/C10H23NO/c1-5-7-12-8-6-10(2,3)9-11-4/h11H,5-9H2,1-4H3. The lowest BCUT2D eigenvalue weighted by molar-refractivity contribution is 0.104. The topological polar surface area (TPSA) is 21.3 Å². The van der Waals surface area contributed by atoms with Gasteiger partial charge in [-0.1, -0.05) is 20.8 Å². The first-order chi connectivity index (χ1) is 5.62. The summed E-state index contributed by atoms with van der Waals surface area (Å²) in [6.07, 6.45) is 2.25. The highest BCUT2D eigenvalue weighted by molar-refractivity contribution is 4.69. The largest absolute Gasteiger partial charge is 0.381 e. The van der Waals surface area contributed by atoms with Crippen LogP contribution in [-0.4, -0.2) is 26.8 Å². The zero-order chi connectivity index (χ0) is 9.45. The highest BCUT2D eigenvalue weighted by Crippen LogP contribution is 2.18. The van der Waals surface area contributed by atoms with E-state index in [2.05, 4.69) is 26.1 Å². The molecule has 12 heavy (non-hydrogen) atoms. The molecule has 0 aromatic carbocycles. The van der Waals surface area contributed by atoms with Gasteiger partial charge in [0.1, 0.15) is 0 Å². The molecule has 0 rings (SSSR count). The van der Waals surface area contributed by atoms with Crippen LogP contribution in [0.25, 0.3) is 0 Å². The van der Waals surface area contributed by atoms with Crippen LogP contribution in [0.1, 0.15) is 33.6 Å². The molecule has 0 atom stereocenters. The van der Waals surface area contributed by atoms with Gasteiger partial charge in [0.15, 0.2) is 0 Å². The molecule has 0 bridgehead atoms. The summed E-state index contributed by atoms with van der Waals surface area (Å²) in [6, 6.07) is 0. The molecule has 0 aromatic heterocycles. The fraction of sp³-hybridized carbons (Fsp3) is 1.00. The van der Waals surface area contributed by atoms with Crippen molar-refractivity contribution in [2.24, 2.45) is 5.41 Å². The Balaban J connectivity index is 3.33. The van der Waals surface area contributed by atoms with Crippen molar-refractivity contribution in [2.45, 2.75) is 33.6 Å². The Morgan fingerprint density at radius 2 is 1.92 bits per heavy atom. The van der Waals surface area contributed by atoms with Crippen LogP contribution in [0, 0.1) is 5.41 Å². The monoisotopic (exact) mass is 173 g/mol. The Labute approximate surface area is 76.7 Å². The molecule has 0 fully saturated rings. The van der Waals surface area contributed by atoms with Gasteiger partial charge in [-0.3, -0.25) is 0 Å². The van der Waals surface area contributed by atoms with Crippen molar-refractivity contribution >= 4 is 0 Å². The van der Waals surface area contributed by atoms with E-state index in [0.717, 1.165) is 32.6 Å². The molecule has 0 aliphatic heterocycles. The van der Waals surface area contributed by atoms with Crippen molar-refractivity contribution in [3.8, 4) is 0 Å². The van der Waals surface area contributed by atoms with E-state index >= 15 is 0 Å². The lowest BCUT2D eigenvalue weighted by Crippen LogP contribution is -2.27. The third kappa shape index (κ3) is 6.62. The smallest absolute Gasteiger partial charge is 0.0471 e. The first-order valence-electron chi connectivity index (χ1n) is 4.85. The summed E-state index contributed by atoms with van der Waals surface area (Å²) >= 11 is 0. The first kappa shape index (κ1) is 11.9. The average Bonchev–Trinajstić information content (AvgIpc) is 1.98. The summed E-state index contributed by atoms with van der Waals surface area (Å²) in [5.41, 5.74) is 0.364. The maximum absolute atomic E-state index is 5.44. The predicted octanol–water partition coefficient (Wildman–Crippen LogP) is 2.05. The second kappa shape index (κ2) is 6.44. The van der Waals surface area contributed by atoms with Crippen molar-refractivity contribution in [1.29, 1.82) is 0 Å². The molecule has 74 valence electrons. The second-order valence-electron chi connectivity index (χ2n) is 4.06. The lowest BCUT2D eigenvalue weighted by Gasteiger charge is -2.23. The van der Waals surface area contributed by atoms with Gasteiger partial charge >= 0.3 is 0 Å². The molecule has 0 spiro atoms. The van der Waals surface area contributed by atoms with Gasteiger partial charge in [-0.25, -0.2) is 0 Å². The lowest BCUT2D eigenvalue weighted by atomic mass is 9.90. The summed E-state index contributed by atoms with van der Waals surface area (Å²) < 4.78 is 5.44. The minimum atomic E-state index is 0.364. The van der Waals surface area contributed by atoms with Crippen LogP contribution in [0.4, 0.5) is 0 Å². The van der Waals surface area contributed by atoms with E-state index in [1.54, 1.807) is 0 Å². The quantitative estimate of drug-likeness (QED) is 0.595. The van der Waals surface area contributed by atoms with Crippen LogP contribution in [0.3, 0.4) is 0 Å². The van der Waals surface area contributed by atoms with E-state index in [0.29, 0.717) is 5.41 Å². The molecule has 0 amide bonds. The molecule has 2 heteroatoms. The van der Waals surface area contributed by atoms with Crippen molar-refractivity contribution in [3.05, 3.63) is 0 Å². The Hall–Kier alpha value is -0.0800. The number of hydrogen-bond acceptors (Lipinski definition) is 2. The Kier molecular flexibility index (Phi) is 6.39. The summed E-state index contributed by atoms with van der Waals surface area (Å²) in [7, 11) is 1.99. The highest BCUT2D eigenvalue weighted by atomic mass is 16.5. The molecule has 0 aliphatic rings. The fourth-order valence-electron chi connectivity index (χ4n) is 1.16. The summed E-state index contributed by atoms with van der Waals surface area (Å²) in [6.45, 7) is 9.51. The molecular formula is C10H23NO. The molecule has 0 saturated carbocycles.